The van der Waals surface area contributed by atoms with Crippen molar-refractivity contribution in [2.45, 2.75) is 51.0 Å². The number of anilines is 1. The second-order valence-corrected chi connectivity index (χ2v) is 9.87. The highest BCUT2D eigenvalue weighted by atomic mass is 32.2. The molecule has 172 valence electrons. The number of hydrogen-bond acceptors (Lipinski definition) is 4. The highest BCUT2D eigenvalue weighted by Gasteiger charge is 2.37. The van der Waals surface area contributed by atoms with Crippen LogP contribution in [0.25, 0.3) is 0 Å². The van der Waals surface area contributed by atoms with Crippen molar-refractivity contribution in [1.29, 1.82) is 0 Å². The summed E-state index contributed by atoms with van der Waals surface area (Å²) in [5, 5.41) is 2.83. The van der Waals surface area contributed by atoms with Crippen LogP contribution in [-0.2, 0) is 14.8 Å². The third-order valence-electron chi connectivity index (χ3n) is 5.83. The second kappa shape index (κ2) is 10.3. The maximum absolute atomic E-state index is 13.2. The highest BCUT2D eigenvalue weighted by molar-refractivity contribution is 7.89. The molecule has 2 amide bonds. The van der Waals surface area contributed by atoms with E-state index in [9.17, 15) is 18.0 Å². The van der Waals surface area contributed by atoms with E-state index in [4.69, 9.17) is 0 Å². The third-order valence-corrected chi connectivity index (χ3v) is 7.76. The molecule has 1 N–H and O–H groups in total. The van der Waals surface area contributed by atoms with Gasteiger partial charge in [0.2, 0.25) is 15.9 Å². The van der Waals surface area contributed by atoms with Gasteiger partial charge in [-0.1, -0.05) is 24.1 Å². The highest BCUT2D eigenvalue weighted by Crippen LogP contribution is 2.26. The lowest BCUT2D eigenvalue weighted by atomic mass is 10.0. The van der Waals surface area contributed by atoms with Crippen molar-refractivity contribution in [2.75, 3.05) is 25.0 Å². The minimum atomic E-state index is -3.78. The van der Waals surface area contributed by atoms with Crippen LogP contribution in [0.2, 0.25) is 0 Å². The second-order valence-electron chi connectivity index (χ2n) is 7.98. The number of amides is 2. The maximum Gasteiger partial charge on any atom is 0.253 e. The van der Waals surface area contributed by atoms with Crippen LogP contribution in [0.3, 0.4) is 0 Å². The molecule has 0 saturated carbocycles. The van der Waals surface area contributed by atoms with E-state index in [0.717, 1.165) is 18.4 Å². The number of hydrogen-bond donors (Lipinski definition) is 1. The molecule has 8 heteroatoms. The predicted molar refractivity (Wildman–Crippen MR) is 125 cm³/mol. The molecule has 1 heterocycles. The van der Waals surface area contributed by atoms with E-state index in [1.807, 2.05) is 20.8 Å². The van der Waals surface area contributed by atoms with E-state index in [1.54, 1.807) is 53.4 Å². The van der Waals surface area contributed by atoms with E-state index in [-0.39, 0.29) is 16.7 Å². The normalized spacial score (nSPS) is 17.0. The van der Waals surface area contributed by atoms with Gasteiger partial charge in [0.05, 0.1) is 4.90 Å². The van der Waals surface area contributed by atoms with E-state index in [2.05, 4.69) is 5.32 Å². The van der Waals surface area contributed by atoms with Crippen molar-refractivity contribution >= 4 is 27.5 Å². The summed E-state index contributed by atoms with van der Waals surface area (Å²) in [5.41, 5.74) is 2.05. The Labute approximate surface area is 190 Å². The SMILES string of the molecule is CCN(CC)C(=O)c1ccc(NC(=O)C2CCCCN2S(=O)(=O)c2ccc(C)cc2)cc1. The molecule has 1 fully saturated rings. The van der Waals surface area contributed by atoms with E-state index in [1.165, 1.54) is 4.31 Å². The van der Waals surface area contributed by atoms with Gasteiger partial charge in [0, 0.05) is 30.9 Å². The molecule has 3 rings (SSSR count). The number of nitrogens with zero attached hydrogens (tertiary/aromatic N) is 2. The topological polar surface area (TPSA) is 86.8 Å². The van der Waals surface area contributed by atoms with E-state index < -0.39 is 16.1 Å². The molecule has 7 nitrogen and oxygen atoms in total. The molecule has 1 saturated heterocycles. The zero-order valence-corrected chi connectivity index (χ0v) is 19.7. The number of carbonyl (C=O) groups excluding carboxylic acids is 2. The fourth-order valence-corrected chi connectivity index (χ4v) is 5.57. The van der Waals surface area contributed by atoms with Gasteiger partial charge in [0.15, 0.2) is 0 Å². The van der Waals surface area contributed by atoms with Gasteiger partial charge in [-0.15, -0.1) is 0 Å². The minimum Gasteiger partial charge on any atom is -0.339 e. The van der Waals surface area contributed by atoms with Crippen molar-refractivity contribution < 1.29 is 18.0 Å². The molecule has 0 aliphatic carbocycles. The van der Waals surface area contributed by atoms with Crippen LogP contribution < -0.4 is 5.32 Å². The van der Waals surface area contributed by atoms with Gasteiger partial charge in [-0.2, -0.15) is 4.31 Å². The zero-order chi connectivity index (χ0) is 23.3. The van der Waals surface area contributed by atoms with Gasteiger partial charge in [-0.3, -0.25) is 9.59 Å². The van der Waals surface area contributed by atoms with Crippen molar-refractivity contribution in [2.24, 2.45) is 0 Å². The standard InChI is InChI=1S/C24H31N3O4S/c1-4-26(5-2)24(29)19-11-13-20(14-12-19)25-23(28)22-8-6-7-17-27(22)32(30,31)21-15-9-18(3)10-16-21/h9-16,22H,4-8,17H2,1-3H3,(H,25,28). The third kappa shape index (κ3) is 5.19. The molecule has 32 heavy (non-hydrogen) atoms. The number of nitrogens with one attached hydrogen (secondary N) is 1. The first-order valence-electron chi connectivity index (χ1n) is 11.1. The Bertz CT molecular complexity index is 1050. The van der Waals surface area contributed by atoms with Gasteiger partial charge >= 0.3 is 0 Å². The van der Waals surface area contributed by atoms with Gasteiger partial charge in [-0.05, 0) is 70.0 Å². The first kappa shape index (κ1) is 23.9. The molecule has 2 aromatic carbocycles. The molecular weight excluding hydrogens is 426 g/mol. The largest absolute Gasteiger partial charge is 0.339 e. The van der Waals surface area contributed by atoms with Crippen molar-refractivity contribution in [3.8, 4) is 0 Å². The van der Waals surface area contributed by atoms with Crippen LogP contribution in [0, 0.1) is 6.92 Å². The van der Waals surface area contributed by atoms with Crippen LogP contribution in [0.4, 0.5) is 5.69 Å². The number of piperidine rings is 1. The van der Waals surface area contributed by atoms with Crippen LogP contribution in [0.1, 0.15) is 49.0 Å². The number of aryl methyl sites for hydroxylation is 1. The summed E-state index contributed by atoms with van der Waals surface area (Å²) >= 11 is 0. The Morgan fingerprint density at radius 2 is 1.62 bits per heavy atom. The number of sulfonamides is 1. The van der Waals surface area contributed by atoms with Gasteiger partial charge in [-0.25, -0.2) is 8.42 Å². The molecular formula is C24H31N3O4S. The summed E-state index contributed by atoms with van der Waals surface area (Å²) in [6, 6.07) is 12.6. The lowest BCUT2D eigenvalue weighted by Gasteiger charge is -2.33. The summed E-state index contributed by atoms with van der Waals surface area (Å²) in [6.07, 6.45) is 1.97. The fourth-order valence-electron chi connectivity index (χ4n) is 3.92. The van der Waals surface area contributed by atoms with Gasteiger partial charge in [0.1, 0.15) is 6.04 Å². The Morgan fingerprint density at radius 3 is 2.22 bits per heavy atom. The molecule has 0 radical (unpaired) electrons. The van der Waals surface area contributed by atoms with Crippen molar-refractivity contribution in [3.63, 3.8) is 0 Å². The van der Waals surface area contributed by atoms with E-state index >= 15 is 0 Å². The number of carbonyl (C=O) groups is 2. The Hall–Kier alpha value is -2.71. The first-order valence-corrected chi connectivity index (χ1v) is 12.5. The summed E-state index contributed by atoms with van der Waals surface area (Å²) in [7, 11) is -3.78. The lowest BCUT2D eigenvalue weighted by Crippen LogP contribution is -2.49. The monoisotopic (exact) mass is 457 g/mol. The molecule has 0 spiro atoms. The Morgan fingerprint density at radius 1 is 1.00 bits per heavy atom. The molecule has 1 unspecified atom stereocenters. The van der Waals surface area contributed by atoms with Gasteiger partial charge in [0.25, 0.3) is 5.91 Å². The summed E-state index contributed by atoms with van der Waals surface area (Å²) in [4.78, 5) is 27.4. The van der Waals surface area contributed by atoms with Crippen molar-refractivity contribution in [3.05, 3.63) is 59.7 Å². The molecule has 0 aromatic heterocycles. The average Bonchev–Trinajstić information content (AvgIpc) is 2.80. The smallest absolute Gasteiger partial charge is 0.253 e. The summed E-state index contributed by atoms with van der Waals surface area (Å²) in [5.74, 6) is -0.418. The molecule has 1 aliphatic heterocycles. The van der Waals surface area contributed by atoms with E-state index in [0.29, 0.717) is 37.3 Å². The predicted octanol–water partition coefficient (Wildman–Crippen LogP) is 3.66. The first-order chi connectivity index (χ1) is 15.3. The summed E-state index contributed by atoms with van der Waals surface area (Å²) in [6.45, 7) is 7.31. The molecule has 1 aliphatic rings. The quantitative estimate of drug-likeness (QED) is 0.687. The van der Waals surface area contributed by atoms with Crippen molar-refractivity contribution in [1.82, 2.24) is 9.21 Å². The van der Waals surface area contributed by atoms with Crippen LogP contribution in [0.15, 0.2) is 53.4 Å². The zero-order valence-electron chi connectivity index (χ0n) is 18.9. The average molecular weight is 458 g/mol. The number of rotatable bonds is 7. The number of benzene rings is 2. The van der Waals surface area contributed by atoms with Crippen LogP contribution in [-0.4, -0.2) is 55.1 Å². The van der Waals surface area contributed by atoms with Crippen LogP contribution in [0.5, 0.6) is 0 Å². The fraction of sp³-hybridized carbons (Fsp3) is 0.417. The molecule has 2 aromatic rings. The Balaban J connectivity index is 1.75. The molecule has 0 bridgehead atoms. The summed E-state index contributed by atoms with van der Waals surface area (Å²) < 4.78 is 27.7. The Kier molecular flexibility index (Phi) is 7.69. The lowest BCUT2D eigenvalue weighted by molar-refractivity contribution is -0.120. The van der Waals surface area contributed by atoms with Crippen LogP contribution >= 0.6 is 0 Å². The minimum absolute atomic E-state index is 0.0597. The maximum atomic E-state index is 13.2. The van der Waals surface area contributed by atoms with Gasteiger partial charge < -0.3 is 10.2 Å². The molecule has 1 atom stereocenters.